The number of nitrogens with zero attached hydrogens (tertiary/aromatic N) is 2. The number of aromatic nitrogens is 2. The van der Waals surface area contributed by atoms with Crippen LogP contribution in [0.25, 0.3) is 0 Å². The number of carbonyl (C=O) groups is 1. The Morgan fingerprint density at radius 2 is 2.22 bits per heavy atom. The number of rotatable bonds is 6. The number of hydrogen-bond donors (Lipinski definition) is 2. The number of nitrogens with one attached hydrogen (secondary N) is 2. The van der Waals surface area contributed by atoms with Crippen LogP contribution in [-0.2, 0) is 4.79 Å². The van der Waals surface area contributed by atoms with Gasteiger partial charge in [0.15, 0.2) is 0 Å². The minimum atomic E-state index is 0.170. The Hall–Kier alpha value is -1.62. The number of likely N-dealkylation sites (tertiary alicyclic amines) is 1. The van der Waals surface area contributed by atoms with Gasteiger partial charge >= 0.3 is 0 Å². The van der Waals surface area contributed by atoms with Crippen molar-refractivity contribution in [1.82, 2.24) is 20.4 Å². The number of aromatic amines is 1. The van der Waals surface area contributed by atoms with Gasteiger partial charge in [-0.3, -0.25) is 14.8 Å². The first-order chi connectivity index (χ1) is 11.3. The quantitative estimate of drug-likeness (QED) is 0.793. The lowest BCUT2D eigenvalue weighted by atomic mass is 9.91. The minimum Gasteiger partial charge on any atom is -0.355 e. The summed E-state index contributed by atoms with van der Waals surface area (Å²) in [6.07, 6.45) is 14.6. The molecule has 0 atom stereocenters. The molecule has 5 heteroatoms. The van der Waals surface area contributed by atoms with Crippen molar-refractivity contribution in [2.75, 3.05) is 26.2 Å². The SMILES string of the molecule is O=C(CN1CCC(c2cn[nH]c2)CC1)NCCC1=CCCCC1. The van der Waals surface area contributed by atoms with Crippen LogP contribution in [0.5, 0.6) is 0 Å². The first-order valence-corrected chi connectivity index (χ1v) is 8.97. The molecule has 5 nitrogen and oxygen atoms in total. The summed E-state index contributed by atoms with van der Waals surface area (Å²) >= 11 is 0. The molecule has 2 N–H and O–H groups in total. The number of H-pyrrole nitrogens is 1. The van der Waals surface area contributed by atoms with Crippen molar-refractivity contribution in [3.05, 3.63) is 29.6 Å². The predicted molar refractivity (Wildman–Crippen MR) is 91.2 cm³/mol. The van der Waals surface area contributed by atoms with Crippen molar-refractivity contribution in [3.63, 3.8) is 0 Å². The van der Waals surface area contributed by atoms with Gasteiger partial charge in [-0.15, -0.1) is 0 Å². The standard InChI is InChI=1S/C18H28N4O/c23-18(19-9-6-15-4-2-1-3-5-15)14-22-10-7-16(8-11-22)17-12-20-21-13-17/h4,12-13,16H,1-3,5-11,14H2,(H,19,23)(H,20,21). The van der Waals surface area contributed by atoms with Crippen molar-refractivity contribution in [2.45, 2.75) is 50.9 Å². The van der Waals surface area contributed by atoms with Crippen LogP contribution >= 0.6 is 0 Å². The highest BCUT2D eigenvalue weighted by Gasteiger charge is 2.22. The van der Waals surface area contributed by atoms with Crippen molar-refractivity contribution >= 4 is 5.91 Å². The monoisotopic (exact) mass is 316 g/mol. The summed E-state index contributed by atoms with van der Waals surface area (Å²) in [5.74, 6) is 0.759. The maximum absolute atomic E-state index is 12.1. The molecule has 3 rings (SSSR count). The van der Waals surface area contributed by atoms with Gasteiger partial charge in [0.1, 0.15) is 0 Å². The van der Waals surface area contributed by atoms with E-state index in [1.807, 2.05) is 12.4 Å². The van der Waals surface area contributed by atoms with Crippen LogP contribution in [0.1, 0.15) is 56.4 Å². The fourth-order valence-corrected chi connectivity index (χ4v) is 3.66. The largest absolute Gasteiger partial charge is 0.355 e. The smallest absolute Gasteiger partial charge is 0.234 e. The van der Waals surface area contributed by atoms with Gasteiger partial charge in [0, 0.05) is 12.7 Å². The van der Waals surface area contributed by atoms with Crippen molar-refractivity contribution in [2.24, 2.45) is 0 Å². The minimum absolute atomic E-state index is 0.170. The van der Waals surface area contributed by atoms with Crippen molar-refractivity contribution < 1.29 is 4.79 Å². The molecule has 0 radical (unpaired) electrons. The zero-order valence-corrected chi connectivity index (χ0v) is 13.9. The summed E-state index contributed by atoms with van der Waals surface area (Å²) in [7, 11) is 0. The third kappa shape index (κ3) is 4.93. The van der Waals surface area contributed by atoms with Gasteiger partial charge in [-0.1, -0.05) is 11.6 Å². The van der Waals surface area contributed by atoms with Crippen LogP contribution in [0.4, 0.5) is 0 Å². The van der Waals surface area contributed by atoms with Crippen molar-refractivity contribution in [1.29, 1.82) is 0 Å². The highest BCUT2D eigenvalue weighted by atomic mass is 16.2. The molecule has 1 saturated heterocycles. The second-order valence-electron chi connectivity index (χ2n) is 6.79. The van der Waals surface area contributed by atoms with E-state index in [0.29, 0.717) is 12.5 Å². The first-order valence-electron chi connectivity index (χ1n) is 8.97. The van der Waals surface area contributed by atoms with Crippen LogP contribution < -0.4 is 5.32 Å². The Kier molecular flexibility index (Phi) is 5.86. The molecule has 0 bridgehead atoms. The van der Waals surface area contributed by atoms with E-state index in [1.54, 1.807) is 0 Å². The first kappa shape index (κ1) is 16.2. The molecule has 1 aromatic rings. The summed E-state index contributed by atoms with van der Waals surface area (Å²) < 4.78 is 0. The van der Waals surface area contributed by atoms with Crippen LogP contribution in [0.2, 0.25) is 0 Å². The zero-order valence-electron chi connectivity index (χ0n) is 13.9. The van der Waals surface area contributed by atoms with E-state index in [0.717, 1.165) is 38.9 Å². The number of allylic oxidation sites excluding steroid dienone is 1. The number of hydrogen-bond acceptors (Lipinski definition) is 3. The molecule has 2 aliphatic rings. The van der Waals surface area contributed by atoms with Crippen LogP contribution in [0, 0.1) is 0 Å². The van der Waals surface area contributed by atoms with E-state index in [4.69, 9.17) is 0 Å². The lowest BCUT2D eigenvalue weighted by Gasteiger charge is -2.31. The normalized spacial score (nSPS) is 20.3. The Morgan fingerprint density at radius 3 is 2.91 bits per heavy atom. The average molecular weight is 316 g/mol. The summed E-state index contributed by atoms with van der Waals surface area (Å²) in [5, 5.41) is 10.00. The van der Waals surface area contributed by atoms with Gasteiger partial charge in [-0.25, -0.2) is 0 Å². The number of piperidine rings is 1. The fraction of sp³-hybridized carbons (Fsp3) is 0.667. The second kappa shape index (κ2) is 8.29. The zero-order chi connectivity index (χ0) is 15.9. The molecule has 0 unspecified atom stereocenters. The third-order valence-electron chi connectivity index (χ3n) is 5.10. The summed E-state index contributed by atoms with van der Waals surface area (Å²) in [5.41, 5.74) is 2.83. The van der Waals surface area contributed by atoms with Gasteiger partial charge in [-0.2, -0.15) is 5.10 Å². The van der Waals surface area contributed by atoms with Crippen LogP contribution in [0.3, 0.4) is 0 Å². The topological polar surface area (TPSA) is 61.0 Å². The molecule has 1 aromatic heterocycles. The average Bonchev–Trinajstić information content (AvgIpc) is 3.11. The molecule has 0 aromatic carbocycles. The molecule has 1 aliphatic carbocycles. The molecule has 126 valence electrons. The Bertz CT molecular complexity index is 515. The molecule has 1 fully saturated rings. The van der Waals surface area contributed by atoms with Gasteiger partial charge in [0.05, 0.1) is 12.7 Å². The maximum Gasteiger partial charge on any atom is 0.234 e. The molecule has 0 spiro atoms. The van der Waals surface area contributed by atoms with Crippen LogP contribution in [-0.4, -0.2) is 47.2 Å². The highest BCUT2D eigenvalue weighted by Crippen LogP contribution is 2.26. The van der Waals surface area contributed by atoms with Gasteiger partial charge < -0.3 is 5.32 Å². The fourth-order valence-electron chi connectivity index (χ4n) is 3.66. The lowest BCUT2D eigenvalue weighted by Crippen LogP contribution is -2.41. The molecule has 23 heavy (non-hydrogen) atoms. The van der Waals surface area contributed by atoms with Gasteiger partial charge in [0.2, 0.25) is 5.91 Å². The molecular weight excluding hydrogens is 288 g/mol. The summed E-state index contributed by atoms with van der Waals surface area (Å²) in [6, 6.07) is 0. The Balaban J connectivity index is 1.32. The molecule has 1 amide bonds. The lowest BCUT2D eigenvalue weighted by molar-refractivity contribution is -0.122. The molecular formula is C18H28N4O. The third-order valence-corrected chi connectivity index (χ3v) is 5.10. The summed E-state index contributed by atoms with van der Waals surface area (Å²) in [4.78, 5) is 14.3. The Labute approximate surface area is 138 Å². The van der Waals surface area contributed by atoms with E-state index >= 15 is 0 Å². The Morgan fingerprint density at radius 1 is 1.35 bits per heavy atom. The van der Waals surface area contributed by atoms with E-state index in [-0.39, 0.29) is 5.91 Å². The van der Waals surface area contributed by atoms with E-state index in [2.05, 4.69) is 26.5 Å². The highest BCUT2D eigenvalue weighted by molar-refractivity contribution is 5.78. The maximum atomic E-state index is 12.1. The van der Waals surface area contributed by atoms with Crippen LogP contribution in [0.15, 0.2) is 24.0 Å². The van der Waals surface area contributed by atoms with Gasteiger partial charge in [0.25, 0.3) is 0 Å². The predicted octanol–water partition coefficient (Wildman–Crippen LogP) is 2.60. The van der Waals surface area contributed by atoms with E-state index in [9.17, 15) is 4.79 Å². The number of amides is 1. The number of carbonyl (C=O) groups excluding carboxylic acids is 1. The van der Waals surface area contributed by atoms with Gasteiger partial charge in [-0.05, 0) is 69.5 Å². The van der Waals surface area contributed by atoms with E-state index in [1.165, 1.54) is 36.8 Å². The van der Waals surface area contributed by atoms with E-state index < -0.39 is 0 Å². The summed E-state index contributed by atoms with van der Waals surface area (Å²) in [6.45, 7) is 3.32. The van der Waals surface area contributed by atoms with Crippen molar-refractivity contribution in [3.8, 4) is 0 Å². The second-order valence-corrected chi connectivity index (χ2v) is 6.79. The molecule has 2 heterocycles. The molecule has 1 aliphatic heterocycles. The molecule has 0 saturated carbocycles.